The highest BCUT2D eigenvalue weighted by molar-refractivity contribution is 5.35. The summed E-state index contributed by atoms with van der Waals surface area (Å²) in [7, 11) is 0. The van der Waals surface area contributed by atoms with Crippen LogP contribution in [-0.4, -0.2) is 6.61 Å². The van der Waals surface area contributed by atoms with E-state index in [0.717, 1.165) is 18.4 Å². The number of halogens is 1. The number of hydrogen-bond donors (Lipinski definition) is 0. The summed E-state index contributed by atoms with van der Waals surface area (Å²) >= 11 is 0. The SMILES string of the molecule is CC1CCOc2c(F)cccc2C1. The summed E-state index contributed by atoms with van der Waals surface area (Å²) in [6.45, 7) is 2.80. The van der Waals surface area contributed by atoms with E-state index in [2.05, 4.69) is 6.92 Å². The smallest absolute Gasteiger partial charge is 0.165 e. The summed E-state index contributed by atoms with van der Waals surface area (Å²) < 4.78 is 18.6. The molecule has 1 aliphatic rings. The van der Waals surface area contributed by atoms with E-state index in [1.165, 1.54) is 6.07 Å². The Kier molecular flexibility index (Phi) is 2.21. The molecule has 13 heavy (non-hydrogen) atoms. The van der Waals surface area contributed by atoms with Crippen molar-refractivity contribution >= 4 is 0 Å². The maximum absolute atomic E-state index is 13.3. The van der Waals surface area contributed by atoms with E-state index in [1.807, 2.05) is 6.07 Å². The van der Waals surface area contributed by atoms with Gasteiger partial charge in [-0.25, -0.2) is 4.39 Å². The van der Waals surface area contributed by atoms with Crippen LogP contribution >= 0.6 is 0 Å². The van der Waals surface area contributed by atoms with Gasteiger partial charge in [0.15, 0.2) is 11.6 Å². The molecule has 0 spiro atoms. The highest BCUT2D eigenvalue weighted by atomic mass is 19.1. The number of para-hydroxylation sites is 1. The average Bonchev–Trinajstić information content (AvgIpc) is 2.27. The van der Waals surface area contributed by atoms with Gasteiger partial charge in [-0.1, -0.05) is 19.1 Å². The van der Waals surface area contributed by atoms with E-state index in [1.54, 1.807) is 6.07 Å². The molecule has 1 nitrogen and oxygen atoms in total. The number of ether oxygens (including phenoxy) is 1. The second-order valence-corrected chi connectivity index (χ2v) is 3.67. The first kappa shape index (κ1) is 8.54. The number of rotatable bonds is 0. The van der Waals surface area contributed by atoms with Crippen molar-refractivity contribution in [2.75, 3.05) is 6.61 Å². The van der Waals surface area contributed by atoms with Crippen molar-refractivity contribution in [1.82, 2.24) is 0 Å². The van der Waals surface area contributed by atoms with E-state index in [4.69, 9.17) is 4.74 Å². The zero-order valence-electron chi connectivity index (χ0n) is 7.72. The van der Waals surface area contributed by atoms with Crippen molar-refractivity contribution < 1.29 is 9.13 Å². The average molecular weight is 180 g/mol. The Morgan fingerprint density at radius 2 is 2.31 bits per heavy atom. The second kappa shape index (κ2) is 3.36. The molecule has 1 unspecified atom stereocenters. The standard InChI is InChI=1S/C11H13FO/c1-8-5-6-13-11-9(7-8)3-2-4-10(11)12/h2-4,8H,5-7H2,1H3. The molecule has 1 atom stereocenters. The molecule has 0 fully saturated rings. The van der Waals surface area contributed by atoms with E-state index in [9.17, 15) is 4.39 Å². The third-order valence-electron chi connectivity index (χ3n) is 2.47. The topological polar surface area (TPSA) is 9.23 Å². The Balaban J connectivity index is 2.39. The van der Waals surface area contributed by atoms with Gasteiger partial charge in [-0.15, -0.1) is 0 Å². The lowest BCUT2D eigenvalue weighted by atomic mass is 9.99. The van der Waals surface area contributed by atoms with Gasteiger partial charge in [0, 0.05) is 0 Å². The van der Waals surface area contributed by atoms with Crippen LogP contribution in [0, 0.1) is 11.7 Å². The first-order chi connectivity index (χ1) is 6.27. The molecule has 0 bridgehead atoms. The molecular formula is C11H13FO. The van der Waals surface area contributed by atoms with E-state index < -0.39 is 0 Å². The molecule has 0 radical (unpaired) electrons. The van der Waals surface area contributed by atoms with Crippen LogP contribution in [0.2, 0.25) is 0 Å². The van der Waals surface area contributed by atoms with Crippen molar-refractivity contribution in [2.45, 2.75) is 19.8 Å². The van der Waals surface area contributed by atoms with Crippen LogP contribution in [0.3, 0.4) is 0 Å². The highest BCUT2D eigenvalue weighted by Gasteiger charge is 2.16. The summed E-state index contributed by atoms with van der Waals surface area (Å²) in [5.74, 6) is 0.821. The zero-order chi connectivity index (χ0) is 9.26. The van der Waals surface area contributed by atoms with Crippen molar-refractivity contribution in [1.29, 1.82) is 0 Å². The van der Waals surface area contributed by atoms with Crippen LogP contribution in [0.1, 0.15) is 18.9 Å². The highest BCUT2D eigenvalue weighted by Crippen LogP contribution is 2.28. The molecule has 2 rings (SSSR count). The molecule has 1 aliphatic heterocycles. The zero-order valence-corrected chi connectivity index (χ0v) is 7.72. The molecule has 1 heterocycles. The summed E-state index contributed by atoms with van der Waals surface area (Å²) in [4.78, 5) is 0. The predicted molar refractivity (Wildman–Crippen MR) is 49.4 cm³/mol. The Bertz CT molecular complexity index is 309. The van der Waals surface area contributed by atoms with Gasteiger partial charge in [0.2, 0.25) is 0 Å². The molecule has 1 aromatic carbocycles. The summed E-state index contributed by atoms with van der Waals surface area (Å²) in [5.41, 5.74) is 1.00. The molecule has 0 amide bonds. The minimum Gasteiger partial charge on any atom is -0.490 e. The molecule has 0 aliphatic carbocycles. The van der Waals surface area contributed by atoms with Crippen LogP contribution in [0.4, 0.5) is 4.39 Å². The monoisotopic (exact) mass is 180 g/mol. The van der Waals surface area contributed by atoms with Crippen molar-refractivity contribution in [3.63, 3.8) is 0 Å². The lowest BCUT2D eigenvalue weighted by Gasteiger charge is -2.07. The normalized spacial score (nSPS) is 21.5. The van der Waals surface area contributed by atoms with Crippen molar-refractivity contribution in [3.05, 3.63) is 29.6 Å². The van der Waals surface area contributed by atoms with Gasteiger partial charge in [-0.2, -0.15) is 0 Å². The molecule has 0 saturated carbocycles. The maximum atomic E-state index is 13.3. The molecule has 70 valence electrons. The largest absolute Gasteiger partial charge is 0.490 e. The number of fused-ring (bicyclic) bond motifs is 1. The molecule has 0 saturated heterocycles. The van der Waals surface area contributed by atoms with Crippen LogP contribution in [0.5, 0.6) is 5.75 Å². The first-order valence-corrected chi connectivity index (χ1v) is 4.67. The van der Waals surface area contributed by atoms with E-state index >= 15 is 0 Å². The molecular weight excluding hydrogens is 167 g/mol. The van der Waals surface area contributed by atoms with E-state index in [-0.39, 0.29) is 5.82 Å². The van der Waals surface area contributed by atoms with Crippen LogP contribution in [0.25, 0.3) is 0 Å². The van der Waals surface area contributed by atoms with Gasteiger partial charge in [0.1, 0.15) is 0 Å². The summed E-state index contributed by atoms with van der Waals surface area (Å²) in [6, 6.07) is 5.14. The third-order valence-corrected chi connectivity index (χ3v) is 2.47. The predicted octanol–water partition coefficient (Wildman–Crippen LogP) is 2.79. The quantitative estimate of drug-likeness (QED) is 0.596. The van der Waals surface area contributed by atoms with Gasteiger partial charge in [-0.3, -0.25) is 0 Å². The molecule has 1 aromatic rings. The Morgan fingerprint density at radius 3 is 3.15 bits per heavy atom. The Labute approximate surface area is 77.5 Å². The van der Waals surface area contributed by atoms with Crippen LogP contribution in [-0.2, 0) is 6.42 Å². The molecule has 2 heteroatoms. The molecule has 0 aromatic heterocycles. The number of benzene rings is 1. The van der Waals surface area contributed by atoms with E-state index in [0.29, 0.717) is 18.3 Å². The van der Waals surface area contributed by atoms with Gasteiger partial charge >= 0.3 is 0 Å². The van der Waals surface area contributed by atoms with Gasteiger partial charge in [0.25, 0.3) is 0 Å². The van der Waals surface area contributed by atoms with Crippen LogP contribution in [0.15, 0.2) is 18.2 Å². The van der Waals surface area contributed by atoms with Gasteiger partial charge in [-0.05, 0) is 30.4 Å². The fraction of sp³-hybridized carbons (Fsp3) is 0.455. The van der Waals surface area contributed by atoms with Gasteiger partial charge < -0.3 is 4.74 Å². The fourth-order valence-electron chi connectivity index (χ4n) is 1.72. The first-order valence-electron chi connectivity index (χ1n) is 4.67. The minimum absolute atomic E-state index is 0.230. The minimum atomic E-state index is -0.230. The summed E-state index contributed by atoms with van der Waals surface area (Å²) in [6.07, 6.45) is 1.93. The Hall–Kier alpha value is -1.05. The molecule has 0 N–H and O–H groups in total. The Morgan fingerprint density at radius 1 is 1.46 bits per heavy atom. The third kappa shape index (κ3) is 1.67. The van der Waals surface area contributed by atoms with Crippen LogP contribution < -0.4 is 4.74 Å². The van der Waals surface area contributed by atoms with Crippen molar-refractivity contribution in [3.8, 4) is 5.75 Å². The maximum Gasteiger partial charge on any atom is 0.165 e. The summed E-state index contributed by atoms with van der Waals surface area (Å²) in [5, 5.41) is 0. The van der Waals surface area contributed by atoms with Gasteiger partial charge in [0.05, 0.1) is 6.61 Å². The van der Waals surface area contributed by atoms with Crippen molar-refractivity contribution in [2.24, 2.45) is 5.92 Å². The fourth-order valence-corrected chi connectivity index (χ4v) is 1.72. The second-order valence-electron chi connectivity index (χ2n) is 3.67. The lowest BCUT2D eigenvalue weighted by molar-refractivity contribution is 0.287. The number of hydrogen-bond acceptors (Lipinski definition) is 1. The lowest BCUT2D eigenvalue weighted by Crippen LogP contribution is -2.00.